The summed E-state index contributed by atoms with van der Waals surface area (Å²) in [6, 6.07) is 0. The molecule has 96 valence electrons. The Kier molecular flexibility index (Phi) is 3.93. The summed E-state index contributed by atoms with van der Waals surface area (Å²) in [5.41, 5.74) is 5.48. The van der Waals surface area contributed by atoms with Crippen LogP contribution in [0.1, 0.15) is 26.6 Å². The van der Waals surface area contributed by atoms with E-state index in [0.717, 1.165) is 0 Å². The highest BCUT2D eigenvalue weighted by Gasteiger charge is 2.28. The minimum absolute atomic E-state index is 0.0441. The van der Waals surface area contributed by atoms with Crippen molar-refractivity contribution in [3.63, 3.8) is 0 Å². The maximum atomic E-state index is 11.9. The van der Waals surface area contributed by atoms with E-state index in [9.17, 15) is 8.42 Å². The third-order valence-corrected chi connectivity index (χ3v) is 5.24. The minimum Gasteiger partial charge on any atom is -0.387 e. The molecule has 0 atom stereocenters. The molecule has 0 amide bonds. The maximum absolute atomic E-state index is 11.9. The van der Waals surface area contributed by atoms with Crippen LogP contribution in [0.15, 0.2) is 12.4 Å². The van der Waals surface area contributed by atoms with Gasteiger partial charge in [-0.1, -0.05) is 12.2 Å². The van der Waals surface area contributed by atoms with Crippen LogP contribution in [0.2, 0.25) is 0 Å². The van der Waals surface area contributed by atoms with Crippen molar-refractivity contribution in [3.8, 4) is 0 Å². The topological polar surface area (TPSA) is 78.0 Å². The molecule has 0 saturated heterocycles. The van der Waals surface area contributed by atoms with Gasteiger partial charge in [-0.05, 0) is 20.8 Å². The lowest BCUT2D eigenvalue weighted by molar-refractivity contribution is 0.553. The zero-order chi connectivity index (χ0) is 13.3. The lowest BCUT2D eigenvalue weighted by atomic mass is 10.3. The van der Waals surface area contributed by atoms with E-state index in [2.05, 4.69) is 4.98 Å². The molecule has 7 heteroatoms. The van der Waals surface area contributed by atoms with Crippen LogP contribution in [0.5, 0.6) is 0 Å². The average Bonchev–Trinajstić information content (AvgIpc) is 2.60. The highest BCUT2D eigenvalue weighted by molar-refractivity contribution is 7.92. The van der Waals surface area contributed by atoms with Crippen molar-refractivity contribution in [2.45, 2.75) is 32.1 Å². The van der Waals surface area contributed by atoms with E-state index >= 15 is 0 Å². The van der Waals surface area contributed by atoms with Gasteiger partial charge in [-0.2, -0.15) is 0 Å². The molecule has 0 aliphatic heterocycles. The molecule has 0 aliphatic carbocycles. The van der Waals surface area contributed by atoms with Crippen LogP contribution in [-0.2, 0) is 16.4 Å². The van der Waals surface area contributed by atoms with Crippen molar-refractivity contribution in [2.24, 2.45) is 5.73 Å². The number of thiocarbonyl (C=S) groups is 1. The molecule has 0 aromatic carbocycles. The van der Waals surface area contributed by atoms with Crippen molar-refractivity contribution in [2.75, 3.05) is 5.75 Å². The highest BCUT2D eigenvalue weighted by Crippen LogP contribution is 2.16. The van der Waals surface area contributed by atoms with Gasteiger partial charge in [-0.15, -0.1) is 0 Å². The Bertz CT molecular complexity index is 512. The number of imidazole rings is 1. The van der Waals surface area contributed by atoms with Gasteiger partial charge in [0.1, 0.15) is 4.99 Å². The Balaban J connectivity index is 2.82. The van der Waals surface area contributed by atoms with E-state index < -0.39 is 14.6 Å². The van der Waals surface area contributed by atoms with Gasteiger partial charge < -0.3 is 10.3 Å². The Labute approximate surface area is 107 Å². The van der Waals surface area contributed by atoms with Crippen LogP contribution in [-0.4, -0.2) is 33.5 Å². The fourth-order valence-electron chi connectivity index (χ4n) is 1.24. The number of nitrogens with zero attached hydrogens (tertiary/aromatic N) is 2. The maximum Gasteiger partial charge on any atom is 0.167 e. The molecule has 0 aliphatic rings. The molecule has 17 heavy (non-hydrogen) atoms. The van der Waals surface area contributed by atoms with E-state index in [1.54, 1.807) is 37.7 Å². The molecule has 1 aromatic heterocycles. The molecule has 0 saturated carbocycles. The molecule has 1 rings (SSSR count). The molecule has 0 spiro atoms. The predicted octanol–water partition coefficient (Wildman–Crippen LogP) is 0.731. The van der Waals surface area contributed by atoms with Crippen LogP contribution in [0, 0.1) is 0 Å². The summed E-state index contributed by atoms with van der Waals surface area (Å²) in [6.45, 7) is 5.37. The number of hydrogen-bond acceptors (Lipinski definition) is 4. The first-order chi connectivity index (χ1) is 7.65. The third-order valence-electron chi connectivity index (χ3n) is 2.47. The van der Waals surface area contributed by atoms with Crippen molar-refractivity contribution < 1.29 is 8.42 Å². The number of aryl methyl sites for hydroxylation is 1. The number of hydrogen-bond donors (Lipinski definition) is 1. The average molecular weight is 275 g/mol. The van der Waals surface area contributed by atoms with Gasteiger partial charge in [-0.3, -0.25) is 0 Å². The third kappa shape index (κ3) is 3.26. The lowest BCUT2D eigenvalue weighted by Gasteiger charge is -2.19. The summed E-state index contributed by atoms with van der Waals surface area (Å²) in [4.78, 5) is 4.15. The van der Waals surface area contributed by atoms with Gasteiger partial charge >= 0.3 is 0 Å². The second-order valence-electron chi connectivity index (χ2n) is 4.74. The van der Waals surface area contributed by atoms with Crippen LogP contribution in [0.25, 0.3) is 0 Å². The van der Waals surface area contributed by atoms with Crippen LogP contribution < -0.4 is 5.73 Å². The summed E-state index contributed by atoms with van der Waals surface area (Å²) in [5.74, 6) is 0.492. The van der Waals surface area contributed by atoms with E-state index in [4.69, 9.17) is 18.0 Å². The first-order valence-electron chi connectivity index (χ1n) is 5.18. The summed E-state index contributed by atoms with van der Waals surface area (Å²) in [7, 11) is -3.15. The van der Waals surface area contributed by atoms with E-state index in [1.807, 2.05) is 0 Å². The Morgan fingerprint density at radius 2 is 2.12 bits per heavy atom. The van der Waals surface area contributed by atoms with Gasteiger partial charge in [0, 0.05) is 18.9 Å². The Morgan fingerprint density at radius 1 is 1.53 bits per heavy atom. The van der Waals surface area contributed by atoms with E-state index in [0.29, 0.717) is 12.4 Å². The Morgan fingerprint density at radius 3 is 2.59 bits per heavy atom. The number of sulfone groups is 1. The molecule has 0 unspecified atom stereocenters. The lowest BCUT2D eigenvalue weighted by Crippen LogP contribution is -2.32. The van der Waals surface area contributed by atoms with Gasteiger partial charge in [-0.25, -0.2) is 13.4 Å². The van der Waals surface area contributed by atoms with Crippen molar-refractivity contribution in [3.05, 3.63) is 18.2 Å². The molecule has 0 radical (unpaired) electrons. The largest absolute Gasteiger partial charge is 0.387 e. The van der Waals surface area contributed by atoms with Crippen molar-refractivity contribution in [1.29, 1.82) is 0 Å². The fraction of sp³-hybridized carbons (Fsp3) is 0.600. The van der Waals surface area contributed by atoms with Crippen LogP contribution in [0.4, 0.5) is 0 Å². The molecule has 0 bridgehead atoms. The van der Waals surface area contributed by atoms with Gasteiger partial charge in [0.15, 0.2) is 15.7 Å². The quantitative estimate of drug-likeness (QED) is 0.820. The fourth-order valence-corrected chi connectivity index (χ4v) is 2.46. The summed E-state index contributed by atoms with van der Waals surface area (Å²) in [6.07, 6.45) is 3.23. The summed E-state index contributed by atoms with van der Waals surface area (Å²) in [5, 5.41) is 0. The molecule has 0 fully saturated rings. The second-order valence-corrected chi connectivity index (χ2v) is 8.04. The summed E-state index contributed by atoms with van der Waals surface area (Å²) < 4.78 is 24.8. The smallest absolute Gasteiger partial charge is 0.167 e. The monoisotopic (exact) mass is 275 g/mol. The first-order valence-corrected chi connectivity index (χ1v) is 7.24. The van der Waals surface area contributed by atoms with Crippen molar-refractivity contribution >= 4 is 27.0 Å². The van der Waals surface area contributed by atoms with Gasteiger partial charge in [0.05, 0.1) is 10.5 Å². The van der Waals surface area contributed by atoms with Crippen molar-refractivity contribution in [1.82, 2.24) is 9.55 Å². The molecule has 1 aromatic rings. The normalized spacial score (nSPS) is 12.6. The van der Waals surface area contributed by atoms with E-state index in [1.165, 1.54) is 0 Å². The minimum atomic E-state index is -3.15. The molecule has 1 heterocycles. The number of aromatic nitrogens is 2. The van der Waals surface area contributed by atoms with Gasteiger partial charge in [0.25, 0.3) is 0 Å². The second kappa shape index (κ2) is 4.73. The van der Waals surface area contributed by atoms with E-state index in [-0.39, 0.29) is 10.7 Å². The molecule has 2 N–H and O–H groups in total. The Hall–Kier alpha value is -0.950. The molecule has 5 nitrogen and oxygen atoms in total. The molecular formula is C10H17N3O2S2. The summed E-state index contributed by atoms with van der Waals surface area (Å²) >= 11 is 4.83. The SMILES string of the molecule is CC(C)(C)S(=O)(=O)CCn1ccnc1C(N)=S. The zero-order valence-corrected chi connectivity index (χ0v) is 11.8. The first kappa shape index (κ1) is 14.1. The number of rotatable bonds is 4. The van der Waals surface area contributed by atoms with Gasteiger partial charge in [0.2, 0.25) is 0 Å². The zero-order valence-electron chi connectivity index (χ0n) is 10.2. The molecular weight excluding hydrogens is 258 g/mol. The predicted molar refractivity (Wildman–Crippen MR) is 71.7 cm³/mol. The van der Waals surface area contributed by atoms with Crippen LogP contribution in [0.3, 0.4) is 0 Å². The highest BCUT2D eigenvalue weighted by atomic mass is 32.2. The van der Waals surface area contributed by atoms with Crippen LogP contribution >= 0.6 is 12.2 Å². The standard InChI is InChI=1S/C10H17N3O2S2/c1-10(2,3)17(14,15)7-6-13-5-4-12-9(13)8(11)16/h4-5H,6-7H2,1-3H3,(H2,11,16). The number of nitrogens with two attached hydrogens (primary N) is 1.